The van der Waals surface area contributed by atoms with Crippen LogP contribution in [0.25, 0.3) is 22.8 Å². The first-order valence-electron chi connectivity index (χ1n) is 7.20. The molecule has 0 saturated heterocycles. The number of unbranched alkanes of at least 4 members (excludes halogenated alkanes) is 1. The summed E-state index contributed by atoms with van der Waals surface area (Å²) in [6, 6.07) is 7.38. The van der Waals surface area contributed by atoms with Crippen molar-refractivity contribution >= 4 is 0 Å². The zero-order chi connectivity index (χ0) is 15.2. The Balaban J connectivity index is 1.87. The van der Waals surface area contributed by atoms with Gasteiger partial charge in [0.15, 0.2) is 0 Å². The van der Waals surface area contributed by atoms with Crippen molar-refractivity contribution in [1.29, 1.82) is 0 Å². The summed E-state index contributed by atoms with van der Waals surface area (Å²) in [4.78, 5) is 12.7. The number of nitrogens with zero attached hydrogens (tertiary/aromatic N) is 4. The van der Waals surface area contributed by atoms with Gasteiger partial charge in [-0.25, -0.2) is 4.98 Å². The maximum absolute atomic E-state index is 5.70. The average molecular weight is 296 g/mol. The molecule has 0 aromatic carbocycles. The summed E-state index contributed by atoms with van der Waals surface area (Å²) in [5.74, 6) is 1.39. The van der Waals surface area contributed by atoms with Gasteiger partial charge >= 0.3 is 0 Å². The molecule has 112 valence electrons. The Hall–Kier alpha value is -2.76. The first kappa shape index (κ1) is 14.2. The Bertz CT molecular complexity index is 728. The molecule has 0 aliphatic carbocycles. The van der Waals surface area contributed by atoms with Crippen molar-refractivity contribution in [3.8, 4) is 28.7 Å². The molecule has 3 rings (SSSR count). The van der Waals surface area contributed by atoms with Crippen LogP contribution in [-0.4, -0.2) is 26.7 Å². The van der Waals surface area contributed by atoms with E-state index in [0.717, 1.165) is 18.4 Å². The molecule has 0 fully saturated rings. The minimum Gasteiger partial charge on any atom is -0.477 e. The van der Waals surface area contributed by atoms with E-state index < -0.39 is 0 Å². The van der Waals surface area contributed by atoms with Gasteiger partial charge in [0, 0.05) is 24.2 Å². The third-order valence-electron chi connectivity index (χ3n) is 3.08. The molecule has 0 N–H and O–H groups in total. The SMILES string of the molecule is CCCCOc1ncccc1-c1nc(-c2cccnc2)no1. The summed E-state index contributed by atoms with van der Waals surface area (Å²) in [5.41, 5.74) is 1.50. The molecular weight excluding hydrogens is 280 g/mol. The van der Waals surface area contributed by atoms with Gasteiger partial charge in [0.1, 0.15) is 5.56 Å². The Morgan fingerprint density at radius 1 is 1.18 bits per heavy atom. The quantitative estimate of drug-likeness (QED) is 0.649. The minimum absolute atomic E-state index is 0.387. The maximum Gasteiger partial charge on any atom is 0.263 e. The van der Waals surface area contributed by atoms with Gasteiger partial charge in [-0.05, 0) is 30.7 Å². The van der Waals surface area contributed by atoms with Gasteiger partial charge in [0.2, 0.25) is 11.7 Å². The normalized spacial score (nSPS) is 10.6. The van der Waals surface area contributed by atoms with Crippen molar-refractivity contribution < 1.29 is 9.26 Å². The summed E-state index contributed by atoms with van der Waals surface area (Å²) in [5, 5.41) is 3.99. The van der Waals surface area contributed by atoms with Crippen LogP contribution in [0.1, 0.15) is 19.8 Å². The van der Waals surface area contributed by atoms with Crippen LogP contribution in [0.4, 0.5) is 0 Å². The van der Waals surface area contributed by atoms with E-state index >= 15 is 0 Å². The van der Waals surface area contributed by atoms with Crippen molar-refractivity contribution in [3.63, 3.8) is 0 Å². The lowest BCUT2D eigenvalue weighted by molar-refractivity contribution is 0.297. The molecule has 0 saturated carbocycles. The van der Waals surface area contributed by atoms with Crippen molar-refractivity contribution in [3.05, 3.63) is 42.9 Å². The van der Waals surface area contributed by atoms with E-state index in [1.807, 2.05) is 24.3 Å². The second kappa shape index (κ2) is 6.80. The van der Waals surface area contributed by atoms with Gasteiger partial charge in [-0.15, -0.1) is 0 Å². The van der Waals surface area contributed by atoms with Crippen LogP contribution < -0.4 is 4.74 Å². The highest BCUT2D eigenvalue weighted by atomic mass is 16.5. The summed E-state index contributed by atoms with van der Waals surface area (Å²) >= 11 is 0. The van der Waals surface area contributed by atoms with Crippen LogP contribution in [-0.2, 0) is 0 Å². The van der Waals surface area contributed by atoms with Gasteiger partial charge in [-0.1, -0.05) is 18.5 Å². The largest absolute Gasteiger partial charge is 0.477 e. The van der Waals surface area contributed by atoms with Crippen molar-refractivity contribution in [2.75, 3.05) is 6.61 Å². The van der Waals surface area contributed by atoms with Crippen LogP contribution in [0.15, 0.2) is 47.4 Å². The monoisotopic (exact) mass is 296 g/mol. The summed E-state index contributed by atoms with van der Waals surface area (Å²) < 4.78 is 11.0. The number of hydrogen-bond acceptors (Lipinski definition) is 6. The molecule has 0 radical (unpaired) electrons. The van der Waals surface area contributed by atoms with Gasteiger partial charge in [0.25, 0.3) is 5.89 Å². The average Bonchev–Trinajstić information content (AvgIpc) is 3.06. The highest BCUT2D eigenvalue weighted by molar-refractivity contribution is 5.62. The molecule has 0 aliphatic heterocycles. The van der Waals surface area contributed by atoms with Gasteiger partial charge in [-0.2, -0.15) is 4.98 Å². The summed E-state index contributed by atoms with van der Waals surface area (Å²) in [6.45, 7) is 2.73. The highest BCUT2D eigenvalue weighted by Crippen LogP contribution is 2.28. The van der Waals surface area contributed by atoms with Gasteiger partial charge in [-0.3, -0.25) is 4.98 Å². The highest BCUT2D eigenvalue weighted by Gasteiger charge is 2.15. The maximum atomic E-state index is 5.70. The minimum atomic E-state index is 0.387. The zero-order valence-corrected chi connectivity index (χ0v) is 12.3. The van der Waals surface area contributed by atoms with Crippen molar-refractivity contribution in [1.82, 2.24) is 20.1 Å². The Kier molecular flexibility index (Phi) is 4.38. The number of ether oxygens (including phenoxy) is 1. The smallest absolute Gasteiger partial charge is 0.263 e. The van der Waals surface area contributed by atoms with E-state index in [9.17, 15) is 0 Å². The standard InChI is InChI=1S/C16H16N4O2/c1-2-3-10-21-15-13(7-5-9-18-15)16-19-14(20-22-16)12-6-4-8-17-11-12/h4-9,11H,2-3,10H2,1H3. The van der Waals surface area contributed by atoms with Crippen molar-refractivity contribution in [2.45, 2.75) is 19.8 Å². The second-order valence-corrected chi connectivity index (χ2v) is 4.72. The van der Waals surface area contributed by atoms with Crippen LogP contribution in [0.3, 0.4) is 0 Å². The third kappa shape index (κ3) is 3.11. The zero-order valence-electron chi connectivity index (χ0n) is 12.3. The summed E-state index contributed by atoms with van der Waals surface area (Å²) in [6.07, 6.45) is 7.11. The summed E-state index contributed by atoms with van der Waals surface area (Å²) in [7, 11) is 0. The molecule has 0 bridgehead atoms. The van der Waals surface area contributed by atoms with Crippen LogP contribution >= 0.6 is 0 Å². The van der Waals surface area contributed by atoms with E-state index in [1.165, 1.54) is 0 Å². The molecule has 0 amide bonds. The predicted octanol–water partition coefficient (Wildman–Crippen LogP) is 3.37. The van der Waals surface area contributed by atoms with Crippen molar-refractivity contribution in [2.24, 2.45) is 0 Å². The first-order chi connectivity index (χ1) is 10.9. The third-order valence-corrected chi connectivity index (χ3v) is 3.08. The van der Waals surface area contributed by atoms with Crippen LogP contribution in [0.2, 0.25) is 0 Å². The lowest BCUT2D eigenvalue weighted by atomic mass is 10.2. The molecule has 0 spiro atoms. The fourth-order valence-corrected chi connectivity index (χ4v) is 1.93. The first-order valence-corrected chi connectivity index (χ1v) is 7.20. The molecule has 3 aromatic rings. The second-order valence-electron chi connectivity index (χ2n) is 4.72. The number of rotatable bonds is 6. The van der Waals surface area contributed by atoms with Crippen LogP contribution in [0, 0.1) is 0 Å². The molecule has 6 heteroatoms. The van der Waals surface area contributed by atoms with Crippen LogP contribution in [0.5, 0.6) is 5.88 Å². The molecule has 0 atom stereocenters. The number of aromatic nitrogens is 4. The topological polar surface area (TPSA) is 73.9 Å². The fraction of sp³-hybridized carbons (Fsp3) is 0.250. The molecular formula is C16H16N4O2. The number of pyridine rings is 2. The number of hydrogen-bond donors (Lipinski definition) is 0. The molecule has 6 nitrogen and oxygen atoms in total. The lowest BCUT2D eigenvalue weighted by Gasteiger charge is -2.06. The lowest BCUT2D eigenvalue weighted by Crippen LogP contribution is -2.00. The Morgan fingerprint density at radius 3 is 2.91 bits per heavy atom. The molecule has 3 heterocycles. The van der Waals surface area contributed by atoms with E-state index in [4.69, 9.17) is 9.26 Å². The van der Waals surface area contributed by atoms with Gasteiger partial charge < -0.3 is 9.26 Å². The predicted molar refractivity (Wildman–Crippen MR) is 81.2 cm³/mol. The van der Waals surface area contributed by atoms with E-state index in [1.54, 1.807) is 18.6 Å². The van der Waals surface area contributed by atoms with Gasteiger partial charge in [0.05, 0.1) is 6.61 Å². The van der Waals surface area contributed by atoms with E-state index in [-0.39, 0.29) is 0 Å². The van der Waals surface area contributed by atoms with E-state index in [2.05, 4.69) is 27.0 Å². The fourth-order valence-electron chi connectivity index (χ4n) is 1.93. The Labute approximate surface area is 128 Å². The molecule has 0 unspecified atom stereocenters. The van der Waals surface area contributed by atoms with E-state index in [0.29, 0.717) is 29.8 Å². The molecule has 22 heavy (non-hydrogen) atoms. The molecule has 0 aliphatic rings. The Morgan fingerprint density at radius 2 is 2.09 bits per heavy atom. The molecule has 3 aromatic heterocycles.